The fourth-order valence-corrected chi connectivity index (χ4v) is 41.9. The van der Waals surface area contributed by atoms with Gasteiger partial charge in [-0.05, 0) is 564 Å². The van der Waals surface area contributed by atoms with Gasteiger partial charge in [-0.1, -0.05) is 171 Å². The molecule has 0 unspecified atom stereocenters. The van der Waals surface area contributed by atoms with Crippen molar-refractivity contribution in [1.29, 1.82) is 0 Å². The van der Waals surface area contributed by atoms with Crippen molar-refractivity contribution in [3.05, 3.63) is 60.8 Å². The highest BCUT2D eigenvalue weighted by molar-refractivity contribution is 9.09. The number of hydrogen-bond donors (Lipinski definition) is 6. The summed E-state index contributed by atoms with van der Waals surface area (Å²) in [6, 6.07) is 0. The quantitative estimate of drug-likeness (QED) is 0.0818. The first kappa shape index (κ1) is 98.9. The Hall–Kier alpha value is -1.90. The molecular weight excluding hydrogens is 1750 g/mol. The van der Waals surface area contributed by atoms with Crippen LogP contribution in [0.3, 0.4) is 0 Å². The van der Waals surface area contributed by atoms with Gasteiger partial charge in [0, 0.05) is 28.4 Å². The molecule has 132 heavy (non-hydrogen) atoms. The minimum atomic E-state index is -0.697. The molecule has 0 saturated heterocycles. The standard InChI is InChI=1S/C26H37BrO.C26H38O2.C26H38O.C23H37BrO.C23H38O/c2*1-17(16-27)23-7-8-24-22-6-5-19-15-26(28,13-9-18-3-4-18)14-11-20(19)21(22)10-12-25(23,24)2;1-17(2)23-8-9-24-22-7-6-19-16-26(27,14-10-18-4-5-18)15-12-20(19)21(22)11-13-25(23,24)3;1-14-11-18-16(17-7-9-22(3,25)12-19(14)17)8-10-23(4)20(15(2)13-24)5-6-21(18)23;1-14(2)20-6-7-21-18-12-15(3)19-13-22(4,24)10-8-17(19)16(18)9-11-23(20,21)5/h18-24,28H,1,3-8,10-12,14-16H2,2H3;18-24,27-28H,1,3-8,10-12,14-16H2,2H3;18-24,27H,1,4-9,11-13,15-16H2,2-3H3;14,16-21,25H,2,5-13H2,1,3-4H3;15-21,24H,1,6-13H2,2-5H3/t3*19-,20+,21-,22-,23-,24+,25-,26-;14-,16-,17-,18-,19+,20-,21+,22-,23-;15-,16-,17-,18-,19+,20-,21+,22-,23-/m11111/s1. The van der Waals surface area contributed by atoms with E-state index in [2.05, 4.69) is 176 Å². The van der Waals surface area contributed by atoms with Crippen molar-refractivity contribution in [2.45, 2.75) is 419 Å². The van der Waals surface area contributed by atoms with E-state index in [1.807, 2.05) is 0 Å². The van der Waals surface area contributed by atoms with E-state index >= 15 is 0 Å². The van der Waals surface area contributed by atoms with Crippen molar-refractivity contribution >= 4 is 31.9 Å². The van der Waals surface area contributed by atoms with E-state index in [1.165, 1.54) is 273 Å². The van der Waals surface area contributed by atoms with Crippen LogP contribution in [-0.4, -0.2) is 75.9 Å². The van der Waals surface area contributed by atoms with Gasteiger partial charge in [-0.15, -0.1) is 0 Å². The zero-order valence-electron chi connectivity index (χ0n) is 85.5. The molecule has 6 nitrogen and oxygen atoms in total. The molecule has 0 aromatic heterocycles. The molecule has 42 atom stereocenters. The van der Waals surface area contributed by atoms with Gasteiger partial charge in [-0.2, -0.15) is 0 Å². The normalized spacial score (nSPS) is 52.5. The van der Waals surface area contributed by atoms with Crippen LogP contribution in [0.1, 0.15) is 391 Å². The molecule has 23 aliphatic rings. The van der Waals surface area contributed by atoms with Gasteiger partial charge in [0.1, 0.15) is 16.8 Å². The Balaban J connectivity index is 0.000000107. The molecule has 23 aliphatic carbocycles. The van der Waals surface area contributed by atoms with Crippen molar-refractivity contribution in [1.82, 2.24) is 0 Å². The Labute approximate surface area is 823 Å². The number of rotatable bonds is 8. The summed E-state index contributed by atoms with van der Waals surface area (Å²) in [7, 11) is 0. The van der Waals surface area contributed by atoms with Gasteiger partial charge in [-0.25, -0.2) is 0 Å². The summed E-state index contributed by atoms with van der Waals surface area (Å²) < 4.78 is 0. The van der Waals surface area contributed by atoms with Gasteiger partial charge in [0.25, 0.3) is 0 Å². The minimum absolute atomic E-state index is 0.159. The lowest BCUT2D eigenvalue weighted by Gasteiger charge is -2.59. The van der Waals surface area contributed by atoms with E-state index < -0.39 is 28.0 Å². The topological polar surface area (TPSA) is 121 Å². The van der Waals surface area contributed by atoms with Crippen LogP contribution in [0.4, 0.5) is 0 Å². The first-order valence-corrected chi connectivity index (χ1v) is 59.3. The summed E-state index contributed by atoms with van der Waals surface area (Å²) in [6.07, 6.45) is 62.1. The smallest absolute Gasteiger partial charge is 0.125 e. The monoisotopic (exact) mass is 1930 g/mol. The molecule has 0 heterocycles. The molecule has 23 saturated carbocycles. The van der Waals surface area contributed by atoms with Crippen molar-refractivity contribution in [3.8, 4) is 35.5 Å². The lowest BCUT2D eigenvalue weighted by molar-refractivity contribution is -0.117. The summed E-state index contributed by atoms with van der Waals surface area (Å²) in [6.45, 7) is 48.5. The fraction of sp³-hybridized carbons (Fsp3) is 0.871. The van der Waals surface area contributed by atoms with Gasteiger partial charge >= 0.3 is 0 Å². The maximum atomic E-state index is 11.1. The van der Waals surface area contributed by atoms with Crippen LogP contribution in [-0.2, 0) is 0 Å². The molecule has 0 spiro atoms. The first-order chi connectivity index (χ1) is 62.8. The molecule has 6 N–H and O–H groups in total. The number of fused-ring (bicyclic) bond motifs is 25. The average Bonchev–Trinajstić information content (AvgIpc) is 1.52. The average molecular weight is 1930 g/mol. The number of hydrogen-bond acceptors (Lipinski definition) is 6. The predicted octanol–water partition coefficient (Wildman–Crippen LogP) is 29.3. The summed E-state index contributed by atoms with van der Waals surface area (Å²) in [5.74, 6) is 48.6. The lowest BCUT2D eigenvalue weighted by atomic mass is 9.47. The second-order valence-electron chi connectivity index (χ2n) is 55.2. The fourth-order valence-electron chi connectivity index (χ4n) is 41.1. The van der Waals surface area contributed by atoms with Crippen LogP contribution in [0.2, 0.25) is 0 Å². The zero-order valence-corrected chi connectivity index (χ0v) is 88.6. The maximum Gasteiger partial charge on any atom is 0.125 e. The second-order valence-corrected chi connectivity index (χ2v) is 56.3. The molecule has 0 bridgehead atoms. The minimum Gasteiger partial charge on any atom is -0.392 e. The third kappa shape index (κ3) is 18.8. The third-order valence-corrected chi connectivity index (χ3v) is 49.3. The van der Waals surface area contributed by atoms with E-state index in [0.717, 1.165) is 252 Å². The van der Waals surface area contributed by atoms with E-state index in [1.54, 1.807) is 0 Å². The molecule has 0 aliphatic heterocycles. The third-order valence-electron chi connectivity index (χ3n) is 47.8. The van der Waals surface area contributed by atoms with Crippen LogP contribution in [0.15, 0.2) is 60.8 Å². The molecule has 23 rings (SSSR count). The van der Waals surface area contributed by atoms with E-state index in [0.29, 0.717) is 62.6 Å². The molecule has 23 fully saturated rings. The molecule has 0 radical (unpaired) electrons. The van der Waals surface area contributed by atoms with E-state index in [-0.39, 0.29) is 6.61 Å². The highest BCUT2D eigenvalue weighted by Gasteiger charge is 2.66. The van der Waals surface area contributed by atoms with Crippen molar-refractivity contribution in [2.24, 2.45) is 234 Å². The molecule has 0 aromatic carbocycles. The summed E-state index contributed by atoms with van der Waals surface area (Å²) in [5.41, 5.74) is 6.38. The van der Waals surface area contributed by atoms with Crippen LogP contribution >= 0.6 is 31.9 Å². The molecule has 0 aromatic rings. The van der Waals surface area contributed by atoms with E-state index in [9.17, 15) is 30.6 Å². The van der Waals surface area contributed by atoms with Gasteiger partial charge < -0.3 is 30.6 Å². The van der Waals surface area contributed by atoms with Crippen molar-refractivity contribution in [2.75, 3.05) is 17.3 Å². The number of allylic oxidation sites excluding steroid dienone is 4. The highest BCUT2D eigenvalue weighted by Crippen LogP contribution is 2.73. The van der Waals surface area contributed by atoms with Crippen LogP contribution in [0.25, 0.3) is 0 Å². The zero-order chi connectivity index (χ0) is 93.1. The largest absolute Gasteiger partial charge is 0.392 e. The summed E-state index contributed by atoms with van der Waals surface area (Å²) in [5, 5.41) is 66.1. The second kappa shape index (κ2) is 38.0. The number of aliphatic hydroxyl groups is 6. The Bertz CT molecular complexity index is 4280. The predicted molar refractivity (Wildman–Crippen MR) is 551 cm³/mol. The number of aliphatic hydroxyl groups excluding tert-OH is 1. The summed E-state index contributed by atoms with van der Waals surface area (Å²) >= 11 is 7.36. The van der Waals surface area contributed by atoms with Gasteiger partial charge in [0.2, 0.25) is 0 Å². The SMILES string of the molecule is C=C(C)[C@H]1CC[C@H]2[C@@H]3CC[C@@H]4C[C@@](O)(C#CC5CC5)CC[C@@H]4[C@H]3CC[C@]12C.C=C(C)[C@H]1CC[C@H]2[C@@H]3C[C@@H](C)[C@@H]4C[C@](C)(O)CC[C@@H]4[C@H]3CC[C@]12C.C=C(CBr)[C@H]1CC[C@H]2[C@@H]3CC[C@@H]4C[C@@](O)(C#CC5CC5)CC[C@@H]4[C@H]3CC[C@]12C.C=C(CBr)[C@H]1CC[C@H]2[C@@H]3C[C@@H](C)[C@@H]4C[C@](C)(O)CC[C@@H]4[C@H]3CC[C@]12C.C=C(CO)[C@H]1CC[C@H]2[C@@H]3CC[C@@H]4C[C@@](O)(C#CC5CC5)CC[C@@H]4[C@H]3CC[C@]12C. The van der Waals surface area contributed by atoms with Crippen molar-refractivity contribution in [3.63, 3.8) is 0 Å². The summed E-state index contributed by atoms with van der Waals surface area (Å²) in [4.78, 5) is 0. The first-order valence-electron chi connectivity index (χ1n) is 57.0. The highest BCUT2D eigenvalue weighted by atomic mass is 79.9. The Morgan fingerprint density at radius 2 is 0.523 bits per heavy atom. The van der Waals surface area contributed by atoms with Gasteiger partial charge in [0.15, 0.2) is 0 Å². The van der Waals surface area contributed by atoms with Crippen LogP contribution in [0, 0.1) is 270 Å². The van der Waals surface area contributed by atoms with Gasteiger partial charge in [-0.3, -0.25) is 0 Å². The van der Waals surface area contributed by atoms with Crippen LogP contribution in [0.5, 0.6) is 0 Å². The molecule has 8 heteroatoms. The Kier molecular flexibility index (Phi) is 28.5. The lowest BCUT2D eigenvalue weighted by Crippen LogP contribution is -2.52. The Morgan fingerprint density at radius 3 is 0.803 bits per heavy atom. The molecule has 0 amide bonds. The molecule has 734 valence electrons. The van der Waals surface area contributed by atoms with Crippen molar-refractivity contribution < 1.29 is 30.6 Å². The number of alkyl halides is 2. The Morgan fingerprint density at radius 1 is 0.273 bits per heavy atom. The van der Waals surface area contributed by atoms with Crippen LogP contribution < -0.4 is 0 Å². The van der Waals surface area contributed by atoms with Gasteiger partial charge in [0.05, 0.1) is 17.8 Å². The maximum absolute atomic E-state index is 11.1. The number of halogens is 2. The molecular formula is C124H188Br2O6. The van der Waals surface area contributed by atoms with E-state index in [4.69, 9.17) is 0 Å².